The van der Waals surface area contributed by atoms with Crippen LogP contribution in [-0.2, 0) is 10.2 Å². The van der Waals surface area contributed by atoms with Crippen molar-refractivity contribution in [3.8, 4) is 5.75 Å². The van der Waals surface area contributed by atoms with Gasteiger partial charge in [-0.05, 0) is 37.0 Å². The molecule has 0 aliphatic heterocycles. The molecule has 0 heterocycles. The van der Waals surface area contributed by atoms with E-state index in [-0.39, 0.29) is 0 Å². The molecule has 2 rings (SSSR count). The van der Waals surface area contributed by atoms with Crippen LogP contribution < -0.4 is 4.74 Å². The maximum atomic E-state index is 11.9. The number of aliphatic carboxylic acids is 1. The molecule has 1 fully saturated rings. The first kappa shape index (κ1) is 15.9. The molecular formula is C17H21ClO3. The first-order chi connectivity index (χ1) is 9.97. The van der Waals surface area contributed by atoms with Crippen LogP contribution in [0, 0.1) is 0 Å². The lowest BCUT2D eigenvalue weighted by Gasteiger charge is -2.34. The predicted molar refractivity (Wildman–Crippen MR) is 84.2 cm³/mol. The van der Waals surface area contributed by atoms with Crippen LogP contribution >= 0.6 is 11.6 Å². The Labute approximate surface area is 130 Å². The van der Waals surface area contributed by atoms with E-state index in [4.69, 9.17) is 16.3 Å². The summed E-state index contributed by atoms with van der Waals surface area (Å²) < 4.78 is 5.63. The second-order valence-corrected chi connectivity index (χ2v) is 6.19. The fourth-order valence-electron chi connectivity index (χ4n) is 2.95. The number of carboxylic acids is 1. The molecule has 0 radical (unpaired) electrons. The summed E-state index contributed by atoms with van der Waals surface area (Å²) in [6, 6.07) is 5.40. The van der Waals surface area contributed by atoms with Gasteiger partial charge in [-0.1, -0.05) is 49.6 Å². The number of rotatable bonds is 5. The topological polar surface area (TPSA) is 46.5 Å². The van der Waals surface area contributed by atoms with Gasteiger partial charge in [0.15, 0.2) is 0 Å². The van der Waals surface area contributed by atoms with Crippen molar-refractivity contribution in [1.29, 1.82) is 0 Å². The standard InChI is InChI=1S/C17H21ClO3/c1-12(2)11-21-14-8-6-7-13(15(14)18)17(16(19)20)9-4-3-5-10-17/h6-8H,1,3-5,9-11H2,2H3,(H,19,20). The van der Waals surface area contributed by atoms with Crippen molar-refractivity contribution >= 4 is 17.6 Å². The number of hydrogen-bond donors (Lipinski definition) is 1. The number of benzene rings is 1. The van der Waals surface area contributed by atoms with E-state index in [1.54, 1.807) is 6.07 Å². The predicted octanol–water partition coefficient (Wildman–Crippen LogP) is 4.58. The van der Waals surface area contributed by atoms with E-state index < -0.39 is 11.4 Å². The molecule has 0 amide bonds. The smallest absolute Gasteiger partial charge is 0.314 e. The monoisotopic (exact) mass is 308 g/mol. The Morgan fingerprint density at radius 1 is 1.38 bits per heavy atom. The van der Waals surface area contributed by atoms with E-state index in [0.717, 1.165) is 24.8 Å². The molecule has 0 aromatic heterocycles. The molecule has 1 aliphatic rings. The molecule has 21 heavy (non-hydrogen) atoms. The summed E-state index contributed by atoms with van der Waals surface area (Å²) in [4.78, 5) is 11.9. The third-order valence-electron chi connectivity index (χ3n) is 4.07. The van der Waals surface area contributed by atoms with Gasteiger partial charge in [-0.2, -0.15) is 0 Å². The molecule has 0 atom stereocenters. The van der Waals surface area contributed by atoms with Gasteiger partial charge in [-0.15, -0.1) is 0 Å². The third kappa shape index (κ3) is 3.24. The van der Waals surface area contributed by atoms with Gasteiger partial charge in [0.05, 0.1) is 10.4 Å². The van der Waals surface area contributed by atoms with Crippen molar-refractivity contribution < 1.29 is 14.6 Å². The van der Waals surface area contributed by atoms with Crippen LogP contribution in [0.3, 0.4) is 0 Å². The molecule has 4 heteroatoms. The average Bonchev–Trinajstić information content (AvgIpc) is 2.46. The summed E-state index contributed by atoms with van der Waals surface area (Å²) in [6.07, 6.45) is 4.18. The van der Waals surface area contributed by atoms with Gasteiger partial charge in [-0.3, -0.25) is 4.79 Å². The van der Waals surface area contributed by atoms with Gasteiger partial charge in [0.2, 0.25) is 0 Å². The van der Waals surface area contributed by atoms with E-state index in [9.17, 15) is 9.90 Å². The maximum absolute atomic E-state index is 11.9. The number of carbonyl (C=O) groups is 1. The molecule has 0 unspecified atom stereocenters. The second kappa shape index (κ2) is 6.52. The zero-order chi connectivity index (χ0) is 15.5. The highest BCUT2D eigenvalue weighted by Crippen LogP contribution is 2.45. The SMILES string of the molecule is C=C(C)COc1cccc(C2(C(=O)O)CCCCC2)c1Cl. The minimum absolute atomic E-state index is 0.378. The fraction of sp³-hybridized carbons (Fsp3) is 0.471. The number of hydrogen-bond acceptors (Lipinski definition) is 2. The third-order valence-corrected chi connectivity index (χ3v) is 4.46. The summed E-state index contributed by atoms with van der Waals surface area (Å²) in [5, 5.41) is 10.2. The molecule has 114 valence electrons. The summed E-state index contributed by atoms with van der Waals surface area (Å²) in [6.45, 7) is 6.04. The van der Waals surface area contributed by atoms with Gasteiger partial charge in [-0.25, -0.2) is 0 Å². The van der Waals surface area contributed by atoms with Crippen LogP contribution in [0.15, 0.2) is 30.4 Å². The number of halogens is 1. The summed E-state index contributed by atoms with van der Waals surface area (Å²) in [5.74, 6) is -0.260. The van der Waals surface area contributed by atoms with E-state index in [0.29, 0.717) is 35.8 Å². The number of carboxylic acid groups (broad SMARTS) is 1. The van der Waals surface area contributed by atoms with E-state index in [1.165, 1.54) is 0 Å². The Balaban J connectivity index is 2.39. The van der Waals surface area contributed by atoms with E-state index in [2.05, 4.69) is 6.58 Å². The first-order valence-corrected chi connectivity index (χ1v) is 7.65. The molecule has 1 N–H and O–H groups in total. The minimum atomic E-state index is -0.877. The minimum Gasteiger partial charge on any atom is -0.488 e. The molecule has 1 aromatic rings. The lowest BCUT2D eigenvalue weighted by Crippen LogP contribution is -2.38. The molecule has 1 aliphatic carbocycles. The van der Waals surface area contributed by atoms with Gasteiger partial charge < -0.3 is 9.84 Å². The second-order valence-electron chi connectivity index (χ2n) is 5.81. The maximum Gasteiger partial charge on any atom is 0.314 e. The normalized spacial score (nSPS) is 17.2. The van der Waals surface area contributed by atoms with Crippen LogP contribution in [0.5, 0.6) is 5.75 Å². The highest BCUT2D eigenvalue weighted by molar-refractivity contribution is 6.33. The molecular weight excluding hydrogens is 288 g/mol. The van der Waals surface area contributed by atoms with Gasteiger partial charge >= 0.3 is 5.97 Å². The van der Waals surface area contributed by atoms with E-state index >= 15 is 0 Å². The molecule has 1 saturated carbocycles. The molecule has 0 bridgehead atoms. The van der Waals surface area contributed by atoms with Crippen molar-refractivity contribution in [1.82, 2.24) is 0 Å². The zero-order valence-corrected chi connectivity index (χ0v) is 13.1. The fourth-order valence-corrected chi connectivity index (χ4v) is 3.31. The quantitative estimate of drug-likeness (QED) is 0.810. The van der Waals surface area contributed by atoms with Gasteiger partial charge in [0.25, 0.3) is 0 Å². The Kier molecular flexibility index (Phi) is 4.94. The van der Waals surface area contributed by atoms with Crippen molar-refractivity contribution in [2.45, 2.75) is 44.4 Å². The summed E-state index contributed by atoms with van der Waals surface area (Å²) >= 11 is 6.44. The highest BCUT2D eigenvalue weighted by atomic mass is 35.5. The Bertz CT molecular complexity index is 545. The highest BCUT2D eigenvalue weighted by Gasteiger charge is 2.43. The summed E-state index contributed by atoms with van der Waals surface area (Å²) in [5.41, 5.74) is 0.690. The average molecular weight is 309 g/mol. The van der Waals surface area contributed by atoms with Crippen molar-refractivity contribution in [2.75, 3.05) is 6.61 Å². The van der Waals surface area contributed by atoms with Crippen LogP contribution in [-0.4, -0.2) is 17.7 Å². The molecule has 0 saturated heterocycles. The Morgan fingerprint density at radius 3 is 2.62 bits per heavy atom. The van der Waals surface area contributed by atoms with Crippen LogP contribution in [0.4, 0.5) is 0 Å². The van der Waals surface area contributed by atoms with Gasteiger partial charge in [0.1, 0.15) is 12.4 Å². The van der Waals surface area contributed by atoms with Crippen molar-refractivity contribution in [3.05, 3.63) is 40.9 Å². The molecule has 3 nitrogen and oxygen atoms in total. The van der Waals surface area contributed by atoms with Crippen LogP contribution in [0.25, 0.3) is 0 Å². The Morgan fingerprint density at radius 2 is 2.05 bits per heavy atom. The largest absolute Gasteiger partial charge is 0.488 e. The summed E-state index contributed by atoms with van der Waals surface area (Å²) in [7, 11) is 0. The van der Waals surface area contributed by atoms with Gasteiger partial charge in [0, 0.05) is 0 Å². The Hall–Kier alpha value is -1.48. The lowest BCUT2D eigenvalue weighted by atomic mass is 9.69. The van der Waals surface area contributed by atoms with Crippen molar-refractivity contribution in [2.24, 2.45) is 0 Å². The number of ether oxygens (including phenoxy) is 1. The zero-order valence-electron chi connectivity index (χ0n) is 12.3. The van der Waals surface area contributed by atoms with Crippen LogP contribution in [0.1, 0.15) is 44.6 Å². The van der Waals surface area contributed by atoms with Crippen LogP contribution in [0.2, 0.25) is 5.02 Å². The molecule has 0 spiro atoms. The van der Waals surface area contributed by atoms with E-state index in [1.807, 2.05) is 19.1 Å². The lowest BCUT2D eigenvalue weighted by molar-refractivity contribution is -0.145. The molecule has 1 aromatic carbocycles. The first-order valence-electron chi connectivity index (χ1n) is 7.27. The van der Waals surface area contributed by atoms with Crippen molar-refractivity contribution in [3.63, 3.8) is 0 Å².